The summed E-state index contributed by atoms with van der Waals surface area (Å²) < 4.78 is 10.4. The van der Waals surface area contributed by atoms with E-state index < -0.39 is 6.09 Å². The third-order valence-electron chi connectivity index (χ3n) is 3.62. The van der Waals surface area contributed by atoms with Crippen molar-refractivity contribution in [1.29, 1.82) is 0 Å². The van der Waals surface area contributed by atoms with Gasteiger partial charge in [0.1, 0.15) is 12.4 Å². The van der Waals surface area contributed by atoms with Gasteiger partial charge in [-0.3, -0.25) is 10.1 Å². The smallest absolute Gasteiger partial charge is 0.411 e. The maximum Gasteiger partial charge on any atom is 0.411 e. The van der Waals surface area contributed by atoms with Crippen molar-refractivity contribution in [2.24, 2.45) is 0 Å². The van der Waals surface area contributed by atoms with Crippen molar-refractivity contribution in [3.63, 3.8) is 0 Å². The second-order valence-corrected chi connectivity index (χ2v) is 5.49. The minimum atomic E-state index is -0.625. The first kappa shape index (κ1) is 17.3. The van der Waals surface area contributed by atoms with E-state index in [0.717, 1.165) is 5.56 Å². The van der Waals surface area contributed by atoms with Gasteiger partial charge in [0.25, 0.3) is 5.91 Å². The van der Waals surface area contributed by atoms with Crippen molar-refractivity contribution in [3.05, 3.63) is 89.9 Å². The molecule has 2 amide bonds. The van der Waals surface area contributed by atoms with Gasteiger partial charge in [0.05, 0.1) is 24.1 Å². The molecule has 0 radical (unpaired) electrons. The van der Waals surface area contributed by atoms with Gasteiger partial charge in [-0.2, -0.15) is 0 Å². The molecule has 0 aliphatic carbocycles. The predicted molar refractivity (Wildman–Crippen MR) is 96.6 cm³/mol. The van der Waals surface area contributed by atoms with Crippen molar-refractivity contribution in [2.75, 3.05) is 5.32 Å². The van der Waals surface area contributed by atoms with E-state index in [1.165, 1.54) is 0 Å². The highest BCUT2D eigenvalue weighted by Crippen LogP contribution is 2.16. The molecule has 2 N–H and O–H groups in total. The summed E-state index contributed by atoms with van der Waals surface area (Å²) in [6.07, 6.45) is 0.917. The van der Waals surface area contributed by atoms with Crippen LogP contribution in [0.1, 0.15) is 21.7 Å². The Morgan fingerprint density at radius 1 is 0.923 bits per heavy atom. The Hall–Kier alpha value is -3.54. The van der Waals surface area contributed by atoms with E-state index in [4.69, 9.17) is 9.15 Å². The van der Waals surface area contributed by atoms with Gasteiger partial charge in [-0.15, -0.1) is 0 Å². The lowest BCUT2D eigenvalue weighted by Gasteiger charge is -2.11. The van der Waals surface area contributed by atoms with Crippen LogP contribution in [0.3, 0.4) is 0 Å². The van der Waals surface area contributed by atoms with Gasteiger partial charge in [0.15, 0.2) is 0 Å². The lowest BCUT2D eigenvalue weighted by Crippen LogP contribution is -2.24. The first-order valence-corrected chi connectivity index (χ1v) is 8.09. The second kappa shape index (κ2) is 8.53. The molecule has 0 saturated heterocycles. The van der Waals surface area contributed by atoms with Crippen molar-refractivity contribution < 1.29 is 18.7 Å². The summed E-state index contributed by atoms with van der Waals surface area (Å²) >= 11 is 0. The van der Waals surface area contributed by atoms with Crippen LogP contribution in [0.15, 0.2) is 77.4 Å². The maximum absolute atomic E-state index is 12.4. The molecule has 3 rings (SSSR count). The molecule has 1 heterocycles. The number of amides is 2. The predicted octanol–water partition coefficient (Wildman–Crippen LogP) is 3.96. The lowest BCUT2D eigenvalue weighted by molar-refractivity contribution is 0.0949. The van der Waals surface area contributed by atoms with E-state index in [2.05, 4.69) is 10.6 Å². The molecule has 0 aliphatic rings. The zero-order chi connectivity index (χ0) is 18.2. The first-order valence-electron chi connectivity index (χ1n) is 8.09. The van der Waals surface area contributed by atoms with E-state index in [1.807, 2.05) is 30.3 Å². The number of hydrogen-bond acceptors (Lipinski definition) is 4. The largest absolute Gasteiger partial charge is 0.467 e. The number of carbonyl (C=O) groups is 2. The Morgan fingerprint density at radius 3 is 2.46 bits per heavy atom. The van der Waals surface area contributed by atoms with Crippen LogP contribution >= 0.6 is 0 Å². The van der Waals surface area contributed by atoms with Crippen molar-refractivity contribution >= 4 is 17.7 Å². The standard InChI is InChI=1S/C20H18N2O4/c23-19(21-13-16-9-6-12-25-16)17-10-4-5-11-18(17)22-20(24)26-14-15-7-2-1-3-8-15/h1-12H,13-14H2,(H,21,23)(H,22,24). The Kier molecular flexibility index (Phi) is 5.67. The zero-order valence-electron chi connectivity index (χ0n) is 14.0. The number of furan rings is 1. The normalized spacial score (nSPS) is 10.2. The highest BCUT2D eigenvalue weighted by molar-refractivity contribution is 6.02. The molecule has 0 atom stereocenters. The molecule has 0 spiro atoms. The monoisotopic (exact) mass is 350 g/mol. The average Bonchev–Trinajstić information content (AvgIpc) is 3.19. The number of nitrogens with one attached hydrogen (secondary N) is 2. The van der Waals surface area contributed by atoms with Gasteiger partial charge < -0.3 is 14.5 Å². The molecule has 26 heavy (non-hydrogen) atoms. The highest BCUT2D eigenvalue weighted by atomic mass is 16.5. The van der Waals surface area contributed by atoms with Gasteiger partial charge in [-0.1, -0.05) is 42.5 Å². The van der Waals surface area contributed by atoms with E-state index >= 15 is 0 Å². The number of para-hydroxylation sites is 1. The topological polar surface area (TPSA) is 80.6 Å². The third-order valence-corrected chi connectivity index (χ3v) is 3.62. The molecule has 0 aliphatic heterocycles. The molecule has 2 aromatic carbocycles. The molecule has 3 aromatic rings. The van der Waals surface area contributed by atoms with Crippen LogP contribution in [-0.2, 0) is 17.9 Å². The number of anilines is 1. The third kappa shape index (κ3) is 4.73. The summed E-state index contributed by atoms with van der Waals surface area (Å²) in [6, 6.07) is 19.6. The molecule has 0 saturated carbocycles. The summed E-state index contributed by atoms with van der Waals surface area (Å²) in [4.78, 5) is 24.4. The van der Waals surface area contributed by atoms with E-state index in [9.17, 15) is 9.59 Å². The Labute approximate surface area is 150 Å². The summed E-state index contributed by atoms with van der Waals surface area (Å²) in [5, 5.41) is 5.36. The zero-order valence-corrected chi connectivity index (χ0v) is 14.0. The van der Waals surface area contributed by atoms with Gasteiger partial charge >= 0.3 is 6.09 Å². The van der Waals surface area contributed by atoms with Crippen LogP contribution < -0.4 is 10.6 Å². The number of ether oxygens (including phenoxy) is 1. The second-order valence-electron chi connectivity index (χ2n) is 5.49. The van der Waals surface area contributed by atoms with Crippen LogP contribution in [0.25, 0.3) is 0 Å². The molecule has 1 aromatic heterocycles. The average molecular weight is 350 g/mol. The van der Waals surface area contributed by atoms with Gasteiger partial charge in [0, 0.05) is 0 Å². The van der Waals surface area contributed by atoms with Crippen molar-refractivity contribution in [2.45, 2.75) is 13.2 Å². The summed E-state index contributed by atoms with van der Waals surface area (Å²) in [5.74, 6) is 0.325. The summed E-state index contributed by atoms with van der Waals surface area (Å²) in [6.45, 7) is 0.415. The molecule has 6 heteroatoms. The minimum Gasteiger partial charge on any atom is -0.467 e. The van der Waals surface area contributed by atoms with Crippen LogP contribution in [0.2, 0.25) is 0 Å². The van der Waals surface area contributed by atoms with Crippen molar-refractivity contribution in [1.82, 2.24) is 5.32 Å². The highest BCUT2D eigenvalue weighted by Gasteiger charge is 2.14. The molecular formula is C20H18N2O4. The fourth-order valence-electron chi connectivity index (χ4n) is 2.34. The van der Waals surface area contributed by atoms with Gasteiger partial charge in [-0.05, 0) is 29.8 Å². The molecular weight excluding hydrogens is 332 g/mol. The summed E-state index contributed by atoms with van der Waals surface area (Å²) in [7, 11) is 0. The van der Waals surface area contributed by atoms with Crippen LogP contribution in [0, 0.1) is 0 Å². The SMILES string of the molecule is O=C(Nc1ccccc1C(=O)NCc1ccco1)OCc1ccccc1. The maximum atomic E-state index is 12.4. The quantitative estimate of drug-likeness (QED) is 0.705. The Morgan fingerprint density at radius 2 is 1.69 bits per heavy atom. The fourth-order valence-corrected chi connectivity index (χ4v) is 2.34. The fraction of sp³-hybridized carbons (Fsp3) is 0.100. The lowest BCUT2D eigenvalue weighted by atomic mass is 10.1. The Bertz CT molecular complexity index is 861. The molecule has 0 fully saturated rings. The summed E-state index contributed by atoms with van der Waals surface area (Å²) in [5.41, 5.74) is 1.60. The number of benzene rings is 2. The van der Waals surface area contributed by atoms with Crippen molar-refractivity contribution in [3.8, 4) is 0 Å². The molecule has 132 valence electrons. The van der Waals surface area contributed by atoms with Gasteiger partial charge in [0.2, 0.25) is 0 Å². The molecule has 0 unspecified atom stereocenters. The van der Waals surface area contributed by atoms with Crippen LogP contribution in [0.4, 0.5) is 10.5 Å². The Balaban J connectivity index is 1.59. The molecule has 0 bridgehead atoms. The minimum absolute atomic E-state index is 0.152. The van der Waals surface area contributed by atoms with Crippen LogP contribution in [-0.4, -0.2) is 12.0 Å². The van der Waals surface area contributed by atoms with Crippen LogP contribution in [0.5, 0.6) is 0 Å². The van der Waals surface area contributed by atoms with E-state index in [-0.39, 0.29) is 19.1 Å². The first-order chi connectivity index (χ1) is 12.7. The van der Waals surface area contributed by atoms with Gasteiger partial charge in [-0.25, -0.2) is 4.79 Å². The number of carbonyl (C=O) groups excluding carboxylic acids is 2. The van der Waals surface area contributed by atoms with E-state index in [1.54, 1.807) is 42.7 Å². The van der Waals surface area contributed by atoms with E-state index in [0.29, 0.717) is 17.0 Å². The molecule has 6 nitrogen and oxygen atoms in total. The number of rotatable bonds is 6. The number of hydrogen-bond donors (Lipinski definition) is 2.